The lowest BCUT2D eigenvalue weighted by Gasteiger charge is -2.11. The summed E-state index contributed by atoms with van der Waals surface area (Å²) in [5, 5.41) is 4.28. The number of para-hydroxylation sites is 1. The van der Waals surface area contributed by atoms with E-state index in [0.29, 0.717) is 10.7 Å². The van der Waals surface area contributed by atoms with E-state index < -0.39 is 0 Å². The summed E-state index contributed by atoms with van der Waals surface area (Å²) in [5.74, 6) is -0.234. The van der Waals surface area contributed by atoms with E-state index in [4.69, 9.17) is 12.2 Å². The molecular weight excluding hydrogens is 332 g/mol. The number of hydrogen-bond acceptors (Lipinski definition) is 2. The van der Waals surface area contributed by atoms with Gasteiger partial charge in [-0.3, -0.25) is 15.6 Å². The van der Waals surface area contributed by atoms with Crippen molar-refractivity contribution in [3.8, 4) is 0 Å². The average molecular weight is 352 g/mol. The Kier molecular flexibility index (Phi) is 5.00. The molecule has 0 atom stereocenters. The Morgan fingerprint density at radius 3 is 2.52 bits per heavy atom. The highest BCUT2D eigenvalue weighted by atomic mass is 32.1. The van der Waals surface area contributed by atoms with Gasteiger partial charge in [0.2, 0.25) is 0 Å². The molecule has 0 spiro atoms. The van der Waals surface area contributed by atoms with Gasteiger partial charge in [-0.15, -0.1) is 0 Å². The van der Waals surface area contributed by atoms with Crippen molar-refractivity contribution in [2.45, 2.75) is 13.3 Å². The predicted molar refractivity (Wildman–Crippen MR) is 106 cm³/mol. The second-order valence-electron chi connectivity index (χ2n) is 5.75. The lowest BCUT2D eigenvalue weighted by molar-refractivity contribution is 0.0945. The summed E-state index contributed by atoms with van der Waals surface area (Å²) >= 11 is 5.22. The highest BCUT2D eigenvalue weighted by molar-refractivity contribution is 7.80. The number of hydrazine groups is 1. The molecule has 1 heterocycles. The van der Waals surface area contributed by atoms with Gasteiger partial charge in [-0.1, -0.05) is 37.3 Å². The molecule has 128 valence electrons. The minimum absolute atomic E-state index is 0.234. The molecule has 2 aromatic carbocycles. The van der Waals surface area contributed by atoms with Crippen molar-refractivity contribution in [1.82, 2.24) is 15.4 Å². The summed E-state index contributed by atoms with van der Waals surface area (Å²) in [6, 6.07) is 15.8. The number of amides is 1. The molecule has 0 aliphatic rings. The molecule has 0 saturated carbocycles. The maximum Gasteiger partial charge on any atom is 0.271 e. The first-order chi connectivity index (χ1) is 12.1. The molecule has 0 aliphatic heterocycles. The van der Waals surface area contributed by atoms with Crippen LogP contribution in [-0.4, -0.2) is 15.6 Å². The molecule has 0 fully saturated rings. The van der Waals surface area contributed by atoms with Gasteiger partial charge in [0, 0.05) is 29.8 Å². The van der Waals surface area contributed by atoms with Crippen LogP contribution in [0.25, 0.3) is 10.9 Å². The van der Waals surface area contributed by atoms with Crippen molar-refractivity contribution in [1.29, 1.82) is 0 Å². The minimum atomic E-state index is -0.234. The molecule has 5 nitrogen and oxygen atoms in total. The molecular formula is C19H20N4OS. The van der Waals surface area contributed by atoms with Crippen LogP contribution in [0.4, 0.5) is 5.69 Å². The van der Waals surface area contributed by atoms with Gasteiger partial charge in [-0.25, -0.2) is 0 Å². The second kappa shape index (κ2) is 7.36. The van der Waals surface area contributed by atoms with Crippen LogP contribution in [0, 0.1) is 0 Å². The van der Waals surface area contributed by atoms with E-state index in [-0.39, 0.29) is 5.91 Å². The number of nitrogens with zero attached hydrogens (tertiary/aromatic N) is 1. The molecule has 1 aromatic heterocycles. The lowest BCUT2D eigenvalue weighted by Crippen LogP contribution is -2.43. The zero-order chi connectivity index (χ0) is 17.8. The number of aryl methyl sites for hydroxylation is 2. The van der Waals surface area contributed by atoms with Crippen molar-refractivity contribution in [3.63, 3.8) is 0 Å². The Labute approximate surface area is 152 Å². The zero-order valence-corrected chi connectivity index (χ0v) is 15.0. The number of anilines is 1. The third-order valence-electron chi connectivity index (χ3n) is 4.05. The third kappa shape index (κ3) is 3.80. The van der Waals surface area contributed by atoms with Crippen LogP contribution in [0.2, 0.25) is 0 Å². The fourth-order valence-corrected chi connectivity index (χ4v) is 2.86. The summed E-state index contributed by atoms with van der Waals surface area (Å²) in [7, 11) is 1.92. The fraction of sp³-hybridized carbons (Fsp3) is 0.158. The molecule has 6 heteroatoms. The van der Waals surface area contributed by atoms with Crippen molar-refractivity contribution >= 4 is 39.8 Å². The second-order valence-corrected chi connectivity index (χ2v) is 6.16. The summed E-state index contributed by atoms with van der Waals surface area (Å²) in [5.41, 5.74) is 9.11. The first-order valence-electron chi connectivity index (χ1n) is 8.09. The molecule has 0 radical (unpaired) electrons. The molecule has 0 saturated heterocycles. The van der Waals surface area contributed by atoms with E-state index in [0.717, 1.165) is 23.0 Å². The molecule has 1 amide bonds. The van der Waals surface area contributed by atoms with Crippen LogP contribution < -0.4 is 16.2 Å². The van der Waals surface area contributed by atoms with Crippen LogP contribution in [0.1, 0.15) is 22.8 Å². The van der Waals surface area contributed by atoms with Gasteiger partial charge in [0.15, 0.2) is 5.11 Å². The number of benzene rings is 2. The van der Waals surface area contributed by atoms with Gasteiger partial charge in [-0.2, -0.15) is 0 Å². The Bertz CT molecular complexity index is 915. The largest absolute Gasteiger partial charge is 0.350 e. The maximum absolute atomic E-state index is 12.4. The van der Waals surface area contributed by atoms with E-state index in [2.05, 4.69) is 23.1 Å². The summed E-state index contributed by atoms with van der Waals surface area (Å²) < 4.78 is 1.93. The molecule has 3 rings (SSSR count). The first kappa shape index (κ1) is 17.0. The number of rotatable bonds is 3. The highest BCUT2D eigenvalue weighted by Crippen LogP contribution is 2.19. The number of fused-ring (bicyclic) bond motifs is 1. The molecule has 3 N–H and O–H groups in total. The number of carbonyl (C=O) groups is 1. The van der Waals surface area contributed by atoms with Crippen LogP contribution in [0.5, 0.6) is 0 Å². The van der Waals surface area contributed by atoms with E-state index in [1.54, 1.807) is 0 Å². The summed E-state index contributed by atoms with van der Waals surface area (Å²) in [6.45, 7) is 2.11. The third-order valence-corrected chi connectivity index (χ3v) is 4.26. The van der Waals surface area contributed by atoms with Gasteiger partial charge in [0.1, 0.15) is 0 Å². The Balaban J connectivity index is 1.62. The number of thiocarbonyl (C=S) groups is 1. The molecule has 25 heavy (non-hydrogen) atoms. The van der Waals surface area contributed by atoms with Crippen LogP contribution in [-0.2, 0) is 13.5 Å². The van der Waals surface area contributed by atoms with Gasteiger partial charge >= 0.3 is 0 Å². The maximum atomic E-state index is 12.4. The summed E-state index contributed by atoms with van der Waals surface area (Å²) in [6.07, 6.45) is 2.80. The van der Waals surface area contributed by atoms with Gasteiger partial charge in [-0.05, 0) is 42.4 Å². The van der Waals surface area contributed by atoms with Crippen molar-refractivity contribution in [2.24, 2.45) is 7.05 Å². The first-order valence-corrected chi connectivity index (χ1v) is 8.49. The molecule has 0 unspecified atom stereocenters. The summed E-state index contributed by atoms with van der Waals surface area (Å²) in [4.78, 5) is 12.4. The number of aromatic nitrogens is 1. The Morgan fingerprint density at radius 1 is 1.08 bits per heavy atom. The van der Waals surface area contributed by atoms with Gasteiger partial charge < -0.3 is 9.88 Å². The van der Waals surface area contributed by atoms with E-state index in [1.807, 2.05) is 66.3 Å². The monoisotopic (exact) mass is 352 g/mol. The Morgan fingerprint density at radius 2 is 1.80 bits per heavy atom. The van der Waals surface area contributed by atoms with E-state index >= 15 is 0 Å². The number of hydrogen-bond donors (Lipinski definition) is 3. The lowest BCUT2D eigenvalue weighted by atomic mass is 10.1. The smallest absolute Gasteiger partial charge is 0.271 e. The molecule has 0 aliphatic carbocycles. The fourth-order valence-electron chi connectivity index (χ4n) is 2.69. The number of carbonyl (C=O) groups excluding carboxylic acids is 1. The molecule has 3 aromatic rings. The zero-order valence-electron chi connectivity index (χ0n) is 14.2. The quantitative estimate of drug-likeness (QED) is 0.500. The minimum Gasteiger partial charge on any atom is -0.350 e. The average Bonchev–Trinajstić information content (AvgIpc) is 2.98. The van der Waals surface area contributed by atoms with Gasteiger partial charge in [0.05, 0.1) is 5.56 Å². The van der Waals surface area contributed by atoms with Crippen molar-refractivity contribution in [3.05, 3.63) is 65.9 Å². The van der Waals surface area contributed by atoms with E-state index in [1.165, 1.54) is 5.56 Å². The van der Waals surface area contributed by atoms with Crippen molar-refractivity contribution < 1.29 is 4.79 Å². The van der Waals surface area contributed by atoms with Crippen LogP contribution >= 0.6 is 12.2 Å². The topological polar surface area (TPSA) is 58.1 Å². The van der Waals surface area contributed by atoms with Gasteiger partial charge in [0.25, 0.3) is 5.91 Å². The Hall–Kier alpha value is -2.86. The van der Waals surface area contributed by atoms with Crippen molar-refractivity contribution in [2.75, 3.05) is 5.32 Å². The van der Waals surface area contributed by atoms with Crippen LogP contribution in [0.15, 0.2) is 54.7 Å². The normalized spacial score (nSPS) is 10.5. The number of nitrogens with one attached hydrogen (secondary N) is 3. The highest BCUT2D eigenvalue weighted by Gasteiger charge is 2.13. The standard InChI is InChI=1S/C19H20N4OS/c1-3-13-8-10-14(11-9-13)20-19(25)22-21-18(24)16-12-23(2)17-7-5-4-6-15(16)17/h4-12H,3H2,1-2H3,(H,21,24)(H2,20,22,25). The molecule has 0 bridgehead atoms. The van der Waals surface area contributed by atoms with E-state index in [9.17, 15) is 4.79 Å². The van der Waals surface area contributed by atoms with Crippen LogP contribution in [0.3, 0.4) is 0 Å². The predicted octanol–water partition coefficient (Wildman–Crippen LogP) is 3.37. The SMILES string of the molecule is CCc1ccc(NC(=S)NNC(=O)c2cn(C)c3ccccc23)cc1.